The summed E-state index contributed by atoms with van der Waals surface area (Å²) in [6.45, 7) is 4.74. The van der Waals surface area contributed by atoms with Gasteiger partial charge < -0.3 is 8.98 Å². The molecule has 0 N–H and O–H groups in total. The van der Waals surface area contributed by atoms with Gasteiger partial charge in [0.1, 0.15) is 11.5 Å². The Balaban J connectivity index is 0.804. The van der Waals surface area contributed by atoms with Crippen LogP contribution in [0.3, 0.4) is 0 Å². The van der Waals surface area contributed by atoms with E-state index in [4.69, 9.17) is 4.42 Å². The van der Waals surface area contributed by atoms with Crippen LogP contribution in [0.1, 0.15) is 125 Å². The number of hydrogen-bond acceptors (Lipinski definition) is 1. The van der Waals surface area contributed by atoms with Crippen molar-refractivity contribution >= 4 is 34.0 Å². The third-order valence-electron chi connectivity index (χ3n) is 19.4. The van der Waals surface area contributed by atoms with Gasteiger partial charge in [0, 0.05) is 32.9 Å². The molecule has 2 nitrogen and oxygen atoms in total. The molecule has 0 bridgehead atoms. The summed E-state index contributed by atoms with van der Waals surface area (Å²) in [4.78, 5) is 0. The molecular weight excluding hydrogens is 907 g/mol. The van der Waals surface area contributed by atoms with E-state index in [0.29, 0.717) is 11.8 Å². The topological polar surface area (TPSA) is 18.1 Å². The van der Waals surface area contributed by atoms with Crippen LogP contribution in [0.25, 0.3) is 73.2 Å². The number of nitrogens with zero attached hydrogens (tertiary/aromatic N) is 1. The average Bonchev–Trinajstić information content (AvgIpc) is 4.38. The summed E-state index contributed by atoms with van der Waals surface area (Å²) in [5.41, 5.74) is 24.9. The van der Waals surface area contributed by atoms with E-state index in [1.807, 2.05) is 0 Å². The largest absolute Gasteiger partial charge is 0.457 e. The Morgan fingerprint density at radius 3 is 1.79 bits per heavy atom. The molecule has 2 heteroatoms. The second-order valence-electron chi connectivity index (χ2n) is 22.3. The molecule has 1 fully saturated rings. The number of rotatable bonds is 6. The van der Waals surface area contributed by atoms with Crippen LogP contribution in [0.5, 0.6) is 0 Å². The summed E-state index contributed by atoms with van der Waals surface area (Å²) >= 11 is 0. The highest BCUT2D eigenvalue weighted by Crippen LogP contribution is 2.70. The number of benzene rings is 9. The Labute approximate surface area is 439 Å². The molecule has 5 aliphatic carbocycles. The zero-order valence-corrected chi connectivity index (χ0v) is 42.6. The summed E-state index contributed by atoms with van der Waals surface area (Å²) in [6, 6.07) is 81.3. The zero-order valence-electron chi connectivity index (χ0n) is 42.6. The molecule has 0 amide bonds. The van der Waals surface area contributed by atoms with Gasteiger partial charge in [-0.2, -0.15) is 0 Å². The van der Waals surface area contributed by atoms with Crippen LogP contribution in [0.2, 0.25) is 0 Å². The third-order valence-corrected chi connectivity index (χ3v) is 19.4. The number of hydrogen-bond donors (Lipinski definition) is 0. The maximum absolute atomic E-state index is 6.95. The van der Waals surface area contributed by atoms with Gasteiger partial charge in [-0.05, 0) is 170 Å². The molecule has 9 aromatic carbocycles. The summed E-state index contributed by atoms with van der Waals surface area (Å²) in [5.74, 6) is 2.76. The highest BCUT2D eigenvalue weighted by molar-refractivity contribution is 6.09. The van der Waals surface area contributed by atoms with Crippen molar-refractivity contribution in [3.63, 3.8) is 0 Å². The van der Waals surface area contributed by atoms with E-state index in [9.17, 15) is 0 Å². The highest BCUT2D eigenvalue weighted by Gasteiger charge is 2.62. The second kappa shape index (κ2) is 15.9. The predicted molar refractivity (Wildman–Crippen MR) is 309 cm³/mol. The fourth-order valence-corrected chi connectivity index (χ4v) is 16.4. The molecule has 0 aliphatic heterocycles. The lowest BCUT2D eigenvalue weighted by atomic mass is 9.50. The summed E-state index contributed by atoms with van der Waals surface area (Å²) < 4.78 is 9.41. The van der Waals surface area contributed by atoms with Crippen LogP contribution in [0.4, 0.5) is 0 Å². The maximum Gasteiger partial charge on any atom is 0.134 e. The Bertz CT molecular complexity index is 4110. The number of fused-ring (bicyclic) bond motifs is 22. The van der Waals surface area contributed by atoms with Crippen LogP contribution >= 0.6 is 0 Å². The van der Waals surface area contributed by atoms with E-state index in [0.717, 1.165) is 29.9 Å². The summed E-state index contributed by atoms with van der Waals surface area (Å²) in [7, 11) is 0. The molecule has 2 heterocycles. The van der Waals surface area contributed by atoms with Crippen molar-refractivity contribution in [2.45, 2.75) is 74.5 Å². The molecule has 0 saturated heterocycles. The molecular formula is C73H57NO. The van der Waals surface area contributed by atoms with Gasteiger partial charge in [0.15, 0.2) is 0 Å². The monoisotopic (exact) mass is 963 g/mol. The van der Waals surface area contributed by atoms with E-state index in [1.165, 1.54) is 131 Å². The zero-order chi connectivity index (χ0) is 49.6. The SMILES string of the molecule is CCC1(CC)c2cc(/C=C/c3ccc(-c4ccc5c(c4)C4(c6ccccc6-c6ccccc64)c4ccccc4C54c5ccccc5[C@@H]5CCCCC54)o3)ccc2-c2ccc(-n3c4ccccc4c4ccccc43)cc21. The fraction of sp³-hybridized carbons (Fsp3) is 0.178. The van der Waals surface area contributed by atoms with Crippen LogP contribution in [-0.4, -0.2) is 4.57 Å². The van der Waals surface area contributed by atoms with Crippen LogP contribution in [-0.2, 0) is 16.2 Å². The molecule has 16 rings (SSSR count). The van der Waals surface area contributed by atoms with Gasteiger partial charge in [0.2, 0.25) is 0 Å². The van der Waals surface area contributed by atoms with Gasteiger partial charge in [0.25, 0.3) is 0 Å². The first-order valence-corrected chi connectivity index (χ1v) is 27.7. The van der Waals surface area contributed by atoms with Crippen molar-refractivity contribution in [3.8, 4) is 39.3 Å². The number of furan rings is 1. The molecule has 2 spiro atoms. The Kier molecular flexibility index (Phi) is 9.17. The van der Waals surface area contributed by atoms with Gasteiger partial charge in [-0.1, -0.05) is 203 Å². The van der Waals surface area contributed by atoms with E-state index in [2.05, 4.69) is 243 Å². The van der Waals surface area contributed by atoms with Crippen LogP contribution in [0, 0.1) is 5.92 Å². The van der Waals surface area contributed by atoms with Crippen molar-refractivity contribution in [2.75, 3.05) is 0 Å². The maximum atomic E-state index is 6.95. The molecule has 1 saturated carbocycles. The lowest BCUT2D eigenvalue weighted by Crippen LogP contribution is -2.47. The molecule has 11 aromatic rings. The van der Waals surface area contributed by atoms with Gasteiger partial charge in [-0.3, -0.25) is 0 Å². The molecule has 360 valence electrons. The minimum Gasteiger partial charge on any atom is -0.457 e. The summed E-state index contributed by atoms with van der Waals surface area (Å²) in [6.07, 6.45) is 11.5. The van der Waals surface area contributed by atoms with E-state index >= 15 is 0 Å². The Morgan fingerprint density at radius 2 is 1.05 bits per heavy atom. The Morgan fingerprint density at radius 1 is 0.467 bits per heavy atom. The second-order valence-corrected chi connectivity index (χ2v) is 22.3. The van der Waals surface area contributed by atoms with Gasteiger partial charge >= 0.3 is 0 Å². The molecule has 5 aliphatic rings. The first-order chi connectivity index (χ1) is 37.1. The third kappa shape index (κ3) is 5.54. The first-order valence-electron chi connectivity index (χ1n) is 27.7. The van der Waals surface area contributed by atoms with Gasteiger partial charge in [-0.25, -0.2) is 0 Å². The fourth-order valence-electron chi connectivity index (χ4n) is 16.4. The lowest BCUT2D eigenvalue weighted by molar-refractivity contribution is 0.256. The van der Waals surface area contributed by atoms with Crippen LogP contribution in [0.15, 0.2) is 217 Å². The first kappa shape index (κ1) is 43.2. The van der Waals surface area contributed by atoms with E-state index in [1.54, 1.807) is 5.56 Å². The summed E-state index contributed by atoms with van der Waals surface area (Å²) in [5, 5.41) is 2.58. The van der Waals surface area contributed by atoms with E-state index in [-0.39, 0.29) is 10.8 Å². The van der Waals surface area contributed by atoms with Gasteiger partial charge in [-0.15, -0.1) is 0 Å². The number of para-hydroxylation sites is 2. The Hall–Kier alpha value is -8.20. The minimum absolute atomic E-state index is 0.0944. The van der Waals surface area contributed by atoms with Crippen molar-refractivity contribution in [2.24, 2.45) is 5.92 Å². The molecule has 2 aromatic heterocycles. The quantitative estimate of drug-likeness (QED) is 0.162. The molecule has 0 radical (unpaired) electrons. The molecule has 75 heavy (non-hydrogen) atoms. The average molecular weight is 964 g/mol. The van der Waals surface area contributed by atoms with Crippen LogP contribution < -0.4 is 0 Å². The normalized spacial score (nSPS) is 19.7. The highest BCUT2D eigenvalue weighted by atomic mass is 16.3. The smallest absolute Gasteiger partial charge is 0.134 e. The molecule has 3 atom stereocenters. The number of aromatic nitrogens is 1. The van der Waals surface area contributed by atoms with Crippen molar-refractivity contribution in [1.29, 1.82) is 0 Å². The standard InChI is InChI=1S/C73H57NO/c1-3-71(4-2)65-43-46(34-39-54(65)55-40-36-48(45-66(55)71)74-68-31-17-9-23-56(68)57-24-10-18-32-69(57)74)33-37-49-38-42-70(75-49)47-35-41-64-67(44-47)73(60-27-13-7-21-52(60)53-22-8-14-28-61(53)73)63-30-16-15-29-62(63)72(64)58-25-11-5-19-50(58)51-20-6-12-26-59(51)72/h5,7-11,13-19,21-25,27-45,51,59H,3-4,6,12,20,26H2,1-2H3/b37-33+/t51-,59?,72?/m0/s1. The van der Waals surface area contributed by atoms with Crippen molar-refractivity contribution < 1.29 is 4.42 Å². The van der Waals surface area contributed by atoms with Crippen molar-refractivity contribution in [3.05, 3.63) is 279 Å². The van der Waals surface area contributed by atoms with Gasteiger partial charge in [0.05, 0.1) is 16.4 Å². The predicted octanol–water partition coefficient (Wildman–Crippen LogP) is 18.6. The molecule has 2 unspecified atom stereocenters. The minimum atomic E-state index is -0.497. The van der Waals surface area contributed by atoms with Crippen molar-refractivity contribution in [1.82, 2.24) is 4.57 Å². The van der Waals surface area contributed by atoms with E-state index < -0.39 is 5.41 Å². The lowest BCUT2D eigenvalue weighted by Gasteiger charge is -2.52.